The lowest BCUT2D eigenvalue weighted by Crippen LogP contribution is -2.28. The van der Waals surface area contributed by atoms with Crippen LogP contribution in [-0.2, 0) is 5.88 Å². The third-order valence-electron chi connectivity index (χ3n) is 4.94. The molecule has 3 nitrogen and oxygen atoms in total. The summed E-state index contributed by atoms with van der Waals surface area (Å²) in [7, 11) is 0. The van der Waals surface area contributed by atoms with Crippen LogP contribution in [0.25, 0.3) is 11.0 Å². The Labute approximate surface area is 124 Å². The van der Waals surface area contributed by atoms with E-state index in [4.69, 9.17) is 16.6 Å². The highest BCUT2D eigenvalue weighted by atomic mass is 35.5. The number of benzene rings is 1. The van der Waals surface area contributed by atoms with E-state index < -0.39 is 0 Å². The quantitative estimate of drug-likeness (QED) is 0.789. The number of hydrogen-bond donors (Lipinski definition) is 0. The van der Waals surface area contributed by atoms with Gasteiger partial charge >= 0.3 is 0 Å². The summed E-state index contributed by atoms with van der Waals surface area (Å²) in [6, 6.07) is 7.81. The van der Waals surface area contributed by atoms with Gasteiger partial charge in [0.1, 0.15) is 5.82 Å². The van der Waals surface area contributed by atoms with Gasteiger partial charge in [0.25, 0.3) is 0 Å². The van der Waals surface area contributed by atoms with Gasteiger partial charge in [0.2, 0.25) is 0 Å². The SMILES string of the molecule is Cc1ccc2c(c1)nc(CCl)n2C1CCN2CCCC12. The maximum Gasteiger partial charge on any atom is 0.125 e. The Morgan fingerprint density at radius 1 is 1.25 bits per heavy atom. The first-order chi connectivity index (χ1) is 9.78. The van der Waals surface area contributed by atoms with Gasteiger partial charge in [0.05, 0.1) is 23.0 Å². The van der Waals surface area contributed by atoms with E-state index in [1.807, 2.05) is 0 Å². The first-order valence-electron chi connectivity index (χ1n) is 7.55. The molecular weight excluding hydrogens is 270 g/mol. The molecular formula is C16H20ClN3. The lowest BCUT2D eigenvalue weighted by molar-refractivity contribution is 0.290. The van der Waals surface area contributed by atoms with Gasteiger partial charge < -0.3 is 4.57 Å². The van der Waals surface area contributed by atoms with Gasteiger partial charge in [-0.2, -0.15) is 0 Å². The van der Waals surface area contributed by atoms with Crippen molar-refractivity contribution in [3.63, 3.8) is 0 Å². The van der Waals surface area contributed by atoms with Crippen LogP contribution < -0.4 is 0 Å². The van der Waals surface area contributed by atoms with E-state index in [-0.39, 0.29) is 0 Å². The van der Waals surface area contributed by atoms with Crippen molar-refractivity contribution >= 4 is 22.6 Å². The van der Waals surface area contributed by atoms with Crippen molar-refractivity contribution in [3.05, 3.63) is 29.6 Å². The smallest absolute Gasteiger partial charge is 0.125 e. The minimum absolute atomic E-state index is 0.497. The van der Waals surface area contributed by atoms with Gasteiger partial charge in [-0.05, 0) is 50.4 Å². The molecule has 3 heterocycles. The van der Waals surface area contributed by atoms with Crippen molar-refractivity contribution in [1.29, 1.82) is 0 Å². The Morgan fingerprint density at radius 2 is 2.15 bits per heavy atom. The van der Waals surface area contributed by atoms with Crippen molar-refractivity contribution < 1.29 is 0 Å². The highest BCUT2D eigenvalue weighted by Gasteiger charge is 2.39. The maximum atomic E-state index is 6.17. The summed E-state index contributed by atoms with van der Waals surface area (Å²) in [5.74, 6) is 1.53. The Balaban J connectivity index is 1.85. The number of aryl methyl sites for hydroxylation is 1. The average Bonchev–Trinajstić information content (AvgIpc) is 3.10. The van der Waals surface area contributed by atoms with Crippen LogP contribution in [0.5, 0.6) is 0 Å². The molecule has 20 heavy (non-hydrogen) atoms. The van der Waals surface area contributed by atoms with Gasteiger partial charge in [0, 0.05) is 12.6 Å². The number of halogens is 1. The fraction of sp³-hybridized carbons (Fsp3) is 0.562. The zero-order valence-corrected chi connectivity index (χ0v) is 12.6. The van der Waals surface area contributed by atoms with Crippen molar-refractivity contribution in [1.82, 2.24) is 14.5 Å². The number of imidazole rings is 1. The van der Waals surface area contributed by atoms with Crippen LogP contribution in [0.1, 0.15) is 36.7 Å². The molecule has 0 bridgehead atoms. The fourth-order valence-electron chi connectivity index (χ4n) is 4.08. The van der Waals surface area contributed by atoms with E-state index in [1.165, 1.54) is 43.4 Å². The molecule has 2 fully saturated rings. The minimum Gasteiger partial charge on any atom is -0.322 e. The van der Waals surface area contributed by atoms with Crippen molar-refractivity contribution in [3.8, 4) is 0 Å². The lowest BCUT2D eigenvalue weighted by Gasteiger charge is -2.23. The third kappa shape index (κ3) is 1.80. The second-order valence-corrected chi connectivity index (χ2v) is 6.39. The molecule has 4 heteroatoms. The number of rotatable bonds is 2. The molecule has 0 aliphatic carbocycles. The summed E-state index contributed by atoms with van der Waals surface area (Å²) in [4.78, 5) is 7.40. The van der Waals surface area contributed by atoms with Gasteiger partial charge in [-0.3, -0.25) is 4.90 Å². The van der Waals surface area contributed by atoms with Crippen molar-refractivity contribution in [2.45, 2.75) is 44.1 Å². The molecule has 2 saturated heterocycles. The van der Waals surface area contributed by atoms with E-state index in [9.17, 15) is 0 Å². The Morgan fingerprint density at radius 3 is 3.00 bits per heavy atom. The summed E-state index contributed by atoms with van der Waals surface area (Å²) < 4.78 is 2.43. The summed E-state index contributed by atoms with van der Waals surface area (Å²) in [5, 5.41) is 0. The molecule has 2 atom stereocenters. The molecule has 0 saturated carbocycles. The van der Waals surface area contributed by atoms with Crippen LogP contribution in [0.3, 0.4) is 0 Å². The van der Waals surface area contributed by atoms with Crippen LogP contribution in [-0.4, -0.2) is 33.6 Å². The number of fused-ring (bicyclic) bond motifs is 2. The summed E-state index contributed by atoms with van der Waals surface area (Å²) in [5.41, 5.74) is 3.61. The molecule has 0 radical (unpaired) electrons. The van der Waals surface area contributed by atoms with Gasteiger partial charge in [-0.15, -0.1) is 11.6 Å². The zero-order valence-electron chi connectivity index (χ0n) is 11.8. The molecule has 1 aromatic heterocycles. The van der Waals surface area contributed by atoms with E-state index in [0.717, 1.165) is 11.3 Å². The molecule has 2 aliphatic rings. The Bertz CT molecular complexity index is 648. The molecule has 4 rings (SSSR count). The molecule has 2 unspecified atom stereocenters. The minimum atomic E-state index is 0.497. The van der Waals surface area contributed by atoms with Crippen molar-refractivity contribution in [2.24, 2.45) is 0 Å². The molecule has 106 valence electrons. The number of nitrogens with zero attached hydrogens (tertiary/aromatic N) is 3. The number of alkyl halides is 1. The average molecular weight is 290 g/mol. The lowest BCUT2D eigenvalue weighted by atomic mass is 10.1. The highest BCUT2D eigenvalue weighted by Crippen LogP contribution is 2.38. The summed E-state index contributed by atoms with van der Waals surface area (Å²) in [6.45, 7) is 4.61. The number of hydrogen-bond acceptors (Lipinski definition) is 2. The molecule has 0 amide bonds. The first-order valence-corrected chi connectivity index (χ1v) is 8.09. The summed E-state index contributed by atoms with van der Waals surface area (Å²) in [6.07, 6.45) is 3.88. The molecule has 2 aliphatic heterocycles. The van der Waals surface area contributed by atoms with E-state index in [1.54, 1.807) is 0 Å². The molecule has 0 spiro atoms. The number of aromatic nitrogens is 2. The van der Waals surface area contributed by atoms with E-state index in [2.05, 4.69) is 34.6 Å². The maximum absolute atomic E-state index is 6.17. The fourth-order valence-corrected chi connectivity index (χ4v) is 4.27. The largest absolute Gasteiger partial charge is 0.322 e. The predicted molar refractivity (Wildman–Crippen MR) is 82.3 cm³/mol. The Kier molecular flexibility index (Phi) is 3.00. The molecule has 0 N–H and O–H groups in total. The Hall–Kier alpha value is -1.06. The standard InChI is InChI=1S/C16H20ClN3/c1-11-4-5-13-12(9-11)18-16(10-17)20(13)15-6-8-19-7-2-3-14(15)19/h4-5,9,14-15H,2-3,6-8,10H2,1H3. The van der Waals surface area contributed by atoms with Crippen LogP contribution in [0, 0.1) is 6.92 Å². The first kappa shape index (κ1) is 12.7. The highest BCUT2D eigenvalue weighted by molar-refractivity contribution is 6.16. The van der Waals surface area contributed by atoms with E-state index in [0.29, 0.717) is 18.0 Å². The zero-order chi connectivity index (χ0) is 13.7. The molecule has 1 aromatic carbocycles. The van der Waals surface area contributed by atoms with E-state index >= 15 is 0 Å². The topological polar surface area (TPSA) is 21.1 Å². The van der Waals surface area contributed by atoms with Gasteiger partial charge in [0.15, 0.2) is 0 Å². The van der Waals surface area contributed by atoms with Crippen LogP contribution in [0.4, 0.5) is 0 Å². The summed E-state index contributed by atoms with van der Waals surface area (Å²) >= 11 is 6.17. The predicted octanol–water partition coefficient (Wildman–Crippen LogP) is 3.49. The van der Waals surface area contributed by atoms with Gasteiger partial charge in [-0.25, -0.2) is 4.98 Å². The molecule has 2 aromatic rings. The van der Waals surface area contributed by atoms with Crippen LogP contribution >= 0.6 is 11.6 Å². The monoisotopic (exact) mass is 289 g/mol. The second-order valence-electron chi connectivity index (χ2n) is 6.13. The third-order valence-corrected chi connectivity index (χ3v) is 5.18. The van der Waals surface area contributed by atoms with Crippen molar-refractivity contribution in [2.75, 3.05) is 13.1 Å². The van der Waals surface area contributed by atoms with Crippen LogP contribution in [0.15, 0.2) is 18.2 Å². The van der Waals surface area contributed by atoms with Crippen LogP contribution in [0.2, 0.25) is 0 Å². The normalized spacial score (nSPS) is 26.5. The van der Waals surface area contributed by atoms with Gasteiger partial charge in [-0.1, -0.05) is 6.07 Å². The second kappa shape index (κ2) is 4.74.